The SMILES string of the molecule is Fc1ccc(C2=NN3[C@H](C2)c2cc(Cl)ccc2O[C@@H]3C2CCCCC2)cc1. The number of nitrogens with zero attached hydrogens (tertiary/aromatic N) is 2. The molecule has 0 saturated heterocycles. The lowest BCUT2D eigenvalue weighted by Gasteiger charge is -2.42. The summed E-state index contributed by atoms with van der Waals surface area (Å²) in [6.45, 7) is 0. The molecule has 1 saturated carbocycles. The third-order valence-corrected chi connectivity index (χ3v) is 6.25. The highest BCUT2D eigenvalue weighted by molar-refractivity contribution is 6.30. The zero-order chi connectivity index (χ0) is 18.4. The fourth-order valence-electron chi connectivity index (χ4n) is 4.63. The molecule has 0 N–H and O–H groups in total. The lowest BCUT2D eigenvalue weighted by Crippen LogP contribution is -2.45. The number of benzene rings is 2. The molecular weight excluding hydrogens is 363 g/mol. The summed E-state index contributed by atoms with van der Waals surface area (Å²) in [5, 5.41) is 7.81. The molecule has 5 heteroatoms. The number of rotatable bonds is 2. The van der Waals surface area contributed by atoms with Gasteiger partial charge in [-0.1, -0.05) is 43.0 Å². The quantitative estimate of drug-likeness (QED) is 0.641. The minimum absolute atomic E-state index is 0.0399. The molecule has 3 aliphatic rings. The Morgan fingerprint density at radius 3 is 2.59 bits per heavy atom. The van der Waals surface area contributed by atoms with Gasteiger partial charge in [-0.15, -0.1) is 0 Å². The van der Waals surface area contributed by atoms with Gasteiger partial charge in [-0.05, 0) is 48.7 Å². The van der Waals surface area contributed by atoms with E-state index >= 15 is 0 Å². The molecule has 0 amide bonds. The highest BCUT2D eigenvalue weighted by Crippen LogP contribution is 2.47. The molecule has 140 valence electrons. The van der Waals surface area contributed by atoms with Gasteiger partial charge in [0.1, 0.15) is 11.6 Å². The molecule has 2 aromatic rings. The van der Waals surface area contributed by atoms with E-state index < -0.39 is 0 Å². The van der Waals surface area contributed by atoms with Crippen LogP contribution in [0.15, 0.2) is 47.6 Å². The summed E-state index contributed by atoms with van der Waals surface area (Å²) >= 11 is 6.27. The molecular formula is C22H22ClFN2O. The van der Waals surface area contributed by atoms with E-state index in [9.17, 15) is 4.39 Å². The normalized spacial score (nSPS) is 24.8. The van der Waals surface area contributed by atoms with Gasteiger partial charge in [-0.25, -0.2) is 9.40 Å². The van der Waals surface area contributed by atoms with Gasteiger partial charge in [0.2, 0.25) is 0 Å². The summed E-state index contributed by atoms with van der Waals surface area (Å²) in [6, 6.07) is 12.6. The van der Waals surface area contributed by atoms with Crippen molar-refractivity contribution in [3.63, 3.8) is 0 Å². The lowest BCUT2D eigenvalue weighted by atomic mass is 9.86. The van der Waals surface area contributed by atoms with Gasteiger partial charge in [0.05, 0.1) is 11.8 Å². The zero-order valence-corrected chi connectivity index (χ0v) is 15.8. The number of ether oxygens (including phenoxy) is 1. The van der Waals surface area contributed by atoms with Crippen LogP contribution in [0.4, 0.5) is 4.39 Å². The Labute approximate surface area is 163 Å². The van der Waals surface area contributed by atoms with Crippen molar-refractivity contribution in [3.8, 4) is 5.75 Å². The Balaban J connectivity index is 1.53. The predicted octanol–water partition coefficient (Wildman–Crippen LogP) is 5.93. The van der Waals surface area contributed by atoms with Crippen LogP contribution in [0.3, 0.4) is 0 Å². The van der Waals surface area contributed by atoms with Crippen molar-refractivity contribution in [2.45, 2.75) is 50.8 Å². The standard InChI is InChI=1S/C22H22ClFN2O/c23-16-8-11-21-18(12-16)20-13-19(14-6-9-17(24)10-7-14)25-26(20)22(27-21)15-4-2-1-3-5-15/h6-12,15,20,22H,1-5,13H2/t20-,22-/m1/s1. The monoisotopic (exact) mass is 384 g/mol. The smallest absolute Gasteiger partial charge is 0.190 e. The second-order valence-electron chi connectivity index (χ2n) is 7.74. The van der Waals surface area contributed by atoms with Crippen molar-refractivity contribution in [2.75, 3.05) is 0 Å². The van der Waals surface area contributed by atoms with Gasteiger partial charge in [-0.3, -0.25) is 0 Å². The van der Waals surface area contributed by atoms with Crippen LogP contribution in [0, 0.1) is 11.7 Å². The largest absolute Gasteiger partial charge is 0.468 e. The maximum atomic E-state index is 13.3. The molecule has 2 aromatic carbocycles. The van der Waals surface area contributed by atoms with Crippen LogP contribution in [0.1, 0.15) is 55.7 Å². The maximum Gasteiger partial charge on any atom is 0.190 e. The molecule has 5 rings (SSSR count). The number of halogens is 2. The average Bonchev–Trinajstić information content (AvgIpc) is 3.14. The second-order valence-corrected chi connectivity index (χ2v) is 8.18. The Kier molecular flexibility index (Phi) is 4.31. The first-order valence-electron chi connectivity index (χ1n) is 9.77. The van der Waals surface area contributed by atoms with Crippen LogP contribution >= 0.6 is 11.6 Å². The molecule has 3 nitrogen and oxygen atoms in total. The highest BCUT2D eigenvalue weighted by atomic mass is 35.5. The minimum Gasteiger partial charge on any atom is -0.468 e. The molecule has 1 fully saturated rings. The van der Waals surface area contributed by atoms with Gasteiger partial charge in [0, 0.05) is 22.9 Å². The summed E-state index contributed by atoms with van der Waals surface area (Å²) in [4.78, 5) is 0. The summed E-state index contributed by atoms with van der Waals surface area (Å²) in [6.07, 6.45) is 6.92. The topological polar surface area (TPSA) is 24.8 Å². The van der Waals surface area contributed by atoms with Gasteiger partial charge in [0.25, 0.3) is 0 Å². The van der Waals surface area contributed by atoms with E-state index in [1.807, 2.05) is 30.3 Å². The van der Waals surface area contributed by atoms with Crippen LogP contribution < -0.4 is 4.74 Å². The molecule has 2 heterocycles. The summed E-state index contributed by atoms with van der Waals surface area (Å²) in [7, 11) is 0. The average molecular weight is 385 g/mol. The van der Waals surface area contributed by atoms with Crippen molar-refractivity contribution in [1.29, 1.82) is 0 Å². The molecule has 2 aliphatic heterocycles. The van der Waals surface area contributed by atoms with Gasteiger partial charge < -0.3 is 4.74 Å². The molecule has 0 unspecified atom stereocenters. The summed E-state index contributed by atoms with van der Waals surface area (Å²) in [5.41, 5.74) is 3.05. The third-order valence-electron chi connectivity index (χ3n) is 6.01. The number of hydrazone groups is 1. The fourth-order valence-corrected chi connectivity index (χ4v) is 4.81. The first-order chi connectivity index (χ1) is 13.2. The zero-order valence-electron chi connectivity index (χ0n) is 15.1. The van der Waals surface area contributed by atoms with Gasteiger partial charge in [-0.2, -0.15) is 5.10 Å². The van der Waals surface area contributed by atoms with Crippen molar-refractivity contribution in [2.24, 2.45) is 11.0 Å². The Bertz CT molecular complexity index is 876. The van der Waals surface area contributed by atoms with Gasteiger partial charge >= 0.3 is 0 Å². The van der Waals surface area contributed by atoms with E-state index in [4.69, 9.17) is 21.4 Å². The summed E-state index contributed by atoms with van der Waals surface area (Å²) < 4.78 is 19.8. The van der Waals surface area contributed by atoms with Crippen molar-refractivity contribution in [3.05, 3.63) is 64.4 Å². The Hall–Kier alpha value is -2.07. The van der Waals surface area contributed by atoms with Gasteiger partial charge in [0.15, 0.2) is 6.23 Å². The first kappa shape index (κ1) is 17.1. The van der Waals surface area contributed by atoms with Crippen LogP contribution in [0.25, 0.3) is 0 Å². The molecule has 0 spiro atoms. The maximum absolute atomic E-state index is 13.3. The molecule has 0 aromatic heterocycles. The van der Waals surface area contributed by atoms with Crippen molar-refractivity contribution < 1.29 is 9.13 Å². The van der Waals surface area contributed by atoms with E-state index in [1.54, 1.807) is 0 Å². The van der Waals surface area contributed by atoms with E-state index in [1.165, 1.54) is 44.2 Å². The molecule has 1 aliphatic carbocycles. The van der Waals surface area contributed by atoms with Crippen LogP contribution in [-0.2, 0) is 0 Å². The minimum atomic E-state index is -0.226. The lowest BCUT2D eigenvalue weighted by molar-refractivity contribution is -0.0643. The predicted molar refractivity (Wildman–Crippen MR) is 105 cm³/mol. The van der Waals surface area contributed by atoms with Crippen molar-refractivity contribution in [1.82, 2.24) is 5.01 Å². The first-order valence-corrected chi connectivity index (χ1v) is 10.1. The highest BCUT2D eigenvalue weighted by Gasteiger charge is 2.43. The Morgan fingerprint density at radius 2 is 1.81 bits per heavy atom. The van der Waals surface area contributed by atoms with E-state index in [-0.39, 0.29) is 18.1 Å². The molecule has 0 radical (unpaired) electrons. The molecule has 27 heavy (non-hydrogen) atoms. The second kappa shape index (κ2) is 6.83. The molecule has 0 bridgehead atoms. The third kappa shape index (κ3) is 3.10. The van der Waals surface area contributed by atoms with E-state index in [0.29, 0.717) is 10.9 Å². The number of hydrogen-bond donors (Lipinski definition) is 0. The summed E-state index contributed by atoms with van der Waals surface area (Å²) in [5.74, 6) is 1.18. The van der Waals surface area contributed by atoms with Crippen molar-refractivity contribution >= 4 is 17.3 Å². The Morgan fingerprint density at radius 1 is 1.04 bits per heavy atom. The van der Waals surface area contributed by atoms with E-state index in [0.717, 1.165) is 29.0 Å². The number of hydrogen-bond acceptors (Lipinski definition) is 3. The van der Waals surface area contributed by atoms with Crippen LogP contribution in [0.2, 0.25) is 5.02 Å². The van der Waals surface area contributed by atoms with E-state index in [2.05, 4.69) is 5.01 Å². The van der Waals surface area contributed by atoms with Crippen LogP contribution in [-0.4, -0.2) is 16.9 Å². The molecule has 2 atom stereocenters. The number of fused-ring (bicyclic) bond motifs is 3. The fraction of sp³-hybridized carbons (Fsp3) is 0.409. The van der Waals surface area contributed by atoms with Crippen LogP contribution in [0.5, 0.6) is 5.75 Å².